The lowest BCUT2D eigenvalue weighted by Gasteiger charge is -2.49. The van der Waals surface area contributed by atoms with Crippen LogP contribution in [-0.4, -0.2) is 57.2 Å². The van der Waals surface area contributed by atoms with Crippen LogP contribution >= 0.6 is 0 Å². The van der Waals surface area contributed by atoms with Crippen molar-refractivity contribution in [1.82, 2.24) is 19.9 Å². The van der Waals surface area contributed by atoms with Gasteiger partial charge in [-0.3, -0.25) is 14.9 Å². The minimum Gasteiger partial charge on any atom is -0.391 e. The fourth-order valence-electron chi connectivity index (χ4n) is 5.10. The zero-order chi connectivity index (χ0) is 21.1. The minimum absolute atomic E-state index is 0.161. The Labute approximate surface area is 183 Å². The van der Waals surface area contributed by atoms with E-state index in [2.05, 4.69) is 49.0 Å². The van der Waals surface area contributed by atoms with Crippen molar-refractivity contribution in [3.05, 3.63) is 72.8 Å². The Morgan fingerprint density at radius 2 is 1.81 bits per heavy atom. The summed E-state index contributed by atoms with van der Waals surface area (Å²) in [4.78, 5) is 17.8. The van der Waals surface area contributed by atoms with Crippen LogP contribution in [0.3, 0.4) is 0 Å². The molecule has 2 aliphatic rings. The van der Waals surface area contributed by atoms with Gasteiger partial charge < -0.3 is 10.0 Å². The number of anilines is 1. The van der Waals surface area contributed by atoms with E-state index in [4.69, 9.17) is 0 Å². The Morgan fingerprint density at radius 3 is 2.52 bits per heavy atom. The van der Waals surface area contributed by atoms with Crippen molar-refractivity contribution in [2.75, 3.05) is 31.1 Å². The number of piperidine rings is 2. The van der Waals surface area contributed by atoms with Crippen LogP contribution in [0.25, 0.3) is 11.3 Å². The second kappa shape index (κ2) is 8.73. The molecule has 1 N–H and O–H groups in total. The lowest BCUT2D eigenvalue weighted by Crippen LogP contribution is -2.54. The molecule has 160 valence electrons. The van der Waals surface area contributed by atoms with Crippen molar-refractivity contribution in [2.45, 2.75) is 31.9 Å². The molecule has 0 saturated carbocycles. The molecule has 1 atom stereocenters. The molecule has 3 aromatic rings. The summed E-state index contributed by atoms with van der Waals surface area (Å²) in [5.74, 6) is 0.871. The number of aromatic nitrogens is 3. The predicted molar refractivity (Wildman–Crippen MR) is 121 cm³/mol. The molecule has 31 heavy (non-hydrogen) atoms. The Bertz CT molecular complexity index is 972. The van der Waals surface area contributed by atoms with Crippen LogP contribution in [-0.2, 0) is 6.54 Å². The second-order valence-electron chi connectivity index (χ2n) is 8.99. The van der Waals surface area contributed by atoms with Crippen molar-refractivity contribution in [3.8, 4) is 11.3 Å². The number of aliphatic hydroxyl groups is 1. The molecule has 6 heteroatoms. The lowest BCUT2D eigenvalue weighted by molar-refractivity contribution is 0.0244. The maximum atomic E-state index is 10.6. The topological polar surface area (TPSA) is 65.4 Å². The number of hydrogen-bond acceptors (Lipinski definition) is 6. The molecule has 2 aliphatic heterocycles. The molecule has 1 aromatic carbocycles. The summed E-state index contributed by atoms with van der Waals surface area (Å²) in [5.41, 5.74) is 3.66. The average molecular weight is 416 g/mol. The first-order valence-electron chi connectivity index (χ1n) is 11.1. The standard InChI is InChI=1S/C25H29N5O/c31-22-15-25(19-30(18-22)24-16-26-11-12-28-24)8-13-29(14-9-25)17-20-4-6-21(7-5-20)23-3-1-2-10-27-23/h1-7,10-12,16,22,31H,8-9,13-15,17-19H2. The fourth-order valence-corrected chi connectivity index (χ4v) is 5.10. The van der Waals surface area contributed by atoms with Crippen molar-refractivity contribution in [2.24, 2.45) is 5.41 Å². The van der Waals surface area contributed by atoms with E-state index in [0.29, 0.717) is 6.54 Å². The second-order valence-corrected chi connectivity index (χ2v) is 8.99. The van der Waals surface area contributed by atoms with Crippen LogP contribution < -0.4 is 4.90 Å². The van der Waals surface area contributed by atoms with Gasteiger partial charge in [0.15, 0.2) is 0 Å². The van der Waals surface area contributed by atoms with Crippen LogP contribution in [0.4, 0.5) is 5.82 Å². The quantitative estimate of drug-likeness (QED) is 0.705. The highest BCUT2D eigenvalue weighted by Crippen LogP contribution is 2.41. The third kappa shape index (κ3) is 4.60. The third-order valence-corrected chi connectivity index (χ3v) is 6.74. The van der Waals surface area contributed by atoms with Gasteiger partial charge in [0.1, 0.15) is 5.82 Å². The number of benzene rings is 1. The number of rotatable bonds is 4. The highest BCUT2D eigenvalue weighted by Gasteiger charge is 2.41. The zero-order valence-electron chi connectivity index (χ0n) is 17.8. The van der Waals surface area contributed by atoms with Crippen LogP contribution in [0.2, 0.25) is 0 Å². The number of β-amino-alcohol motifs (C(OH)–C–C–N with tert-alkyl or cyclic N) is 1. The SMILES string of the molecule is OC1CN(c2cnccn2)CC2(CCN(Cc3ccc(-c4ccccn4)cc3)CC2)C1. The van der Waals surface area contributed by atoms with E-state index in [-0.39, 0.29) is 11.5 Å². The van der Waals surface area contributed by atoms with Gasteiger partial charge in [0, 0.05) is 43.8 Å². The Kier molecular flexibility index (Phi) is 5.66. The number of pyridine rings is 1. The first-order valence-corrected chi connectivity index (χ1v) is 11.1. The molecule has 1 spiro atoms. The van der Waals surface area contributed by atoms with Gasteiger partial charge in [-0.25, -0.2) is 4.98 Å². The number of hydrogen-bond donors (Lipinski definition) is 1. The molecule has 1 unspecified atom stereocenters. The van der Waals surface area contributed by atoms with Crippen LogP contribution in [0.1, 0.15) is 24.8 Å². The van der Waals surface area contributed by atoms with Gasteiger partial charge >= 0.3 is 0 Å². The van der Waals surface area contributed by atoms with Gasteiger partial charge in [-0.05, 0) is 55.5 Å². The molecule has 0 amide bonds. The highest BCUT2D eigenvalue weighted by atomic mass is 16.3. The summed E-state index contributed by atoms with van der Waals surface area (Å²) in [5, 5.41) is 10.6. The van der Waals surface area contributed by atoms with E-state index in [1.54, 1.807) is 18.6 Å². The summed E-state index contributed by atoms with van der Waals surface area (Å²) in [6.07, 6.45) is 9.85. The molecule has 0 radical (unpaired) electrons. The summed E-state index contributed by atoms with van der Waals surface area (Å²) < 4.78 is 0. The highest BCUT2D eigenvalue weighted by molar-refractivity contribution is 5.59. The summed E-state index contributed by atoms with van der Waals surface area (Å²) in [6, 6.07) is 14.8. The van der Waals surface area contributed by atoms with Crippen molar-refractivity contribution in [3.63, 3.8) is 0 Å². The van der Waals surface area contributed by atoms with Crippen molar-refractivity contribution >= 4 is 5.82 Å². The Morgan fingerprint density at radius 1 is 0.968 bits per heavy atom. The number of likely N-dealkylation sites (tertiary alicyclic amines) is 1. The predicted octanol–water partition coefficient (Wildman–Crippen LogP) is 3.39. The van der Waals surface area contributed by atoms with Gasteiger partial charge in [-0.15, -0.1) is 0 Å². The van der Waals surface area contributed by atoms with E-state index in [0.717, 1.165) is 62.5 Å². The number of nitrogens with zero attached hydrogens (tertiary/aromatic N) is 5. The van der Waals surface area contributed by atoms with E-state index in [1.165, 1.54) is 5.56 Å². The van der Waals surface area contributed by atoms with Gasteiger partial charge in [0.2, 0.25) is 0 Å². The maximum absolute atomic E-state index is 10.6. The molecule has 2 aromatic heterocycles. The van der Waals surface area contributed by atoms with Crippen molar-refractivity contribution < 1.29 is 5.11 Å². The van der Waals surface area contributed by atoms with E-state index >= 15 is 0 Å². The Hall–Kier alpha value is -2.83. The Balaban J connectivity index is 1.20. The number of aliphatic hydroxyl groups excluding tert-OH is 1. The molecule has 5 rings (SSSR count). The molecule has 2 fully saturated rings. The van der Waals surface area contributed by atoms with Gasteiger partial charge in [0.05, 0.1) is 18.0 Å². The minimum atomic E-state index is -0.304. The van der Waals surface area contributed by atoms with Gasteiger partial charge in [0.25, 0.3) is 0 Å². The summed E-state index contributed by atoms with van der Waals surface area (Å²) >= 11 is 0. The van der Waals surface area contributed by atoms with Crippen LogP contribution in [0.15, 0.2) is 67.3 Å². The van der Waals surface area contributed by atoms with Crippen molar-refractivity contribution in [1.29, 1.82) is 0 Å². The van der Waals surface area contributed by atoms with E-state index in [9.17, 15) is 5.11 Å². The van der Waals surface area contributed by atoms with Crippen LogP contribution in [0, 0.1) is 5.41 Å². The first-order chi connectivity index (χ1) is 15.2. The smallest absolute Gasteiger partial charge is 0.147 e. The molecule has 0 bridgehead atoms. The molecular weight excluding hydrogens is 386 g/mol. The molecule has 0 aliphatic carbocycles. The van der Waals surface area contributed by atoms with E-state index in [1.807, 2.05) is 24.4 Å². The van der Waals surface area contributed by atoms with Gasteiger partial charge in [-0.2, -0.15) is 0 Å². The monoisotopic (exact) mass is 415 g/mol. The lowest BCUT2D eigenvalue weighted by atomic mass is 9.71. The summed E-state index contributed by atoms with van der Waals surface area (Å²) in [7, 11) is 0. The average Bonchev–Trinajstić information content (AvgIpc) is 2.82. The maximum Gasteiger partial charge on any atom is 0.147 e. The van der Waals surface area contributed by atoms with Crippen LogP contribution in [0.5, 0.6) is 0 Å². The normalized spacial score (nSPS) is 21.3. The first kappa shape index (κ1) is 20.1. The van der Waals surface area contributed by atoms with E-state index < -0.39 is 0 Å². The zero-order valence-corrected chi connectivity index (χ0v) is 17.8. The molecule has 2 saturated heterocycles. The third-order valence-electron chi connectivity index (χ3n) is 6.74. The van der Waals surface area contributed by atoms with Gasteiger partial charge in [-0.1, -0.05) is 30.3 Å². The molecular formula is C25H29N5O. The summed E-state index contributed by atoms with van der Waals surface area (Å²) in [6.45, 7) is 4.68. The fraction of sp³-hybridized carbons (Fsp3) is 0.400. The molecule has 6 nitrogen and oxygen atoms in total. The molecule has 4 heterocycles. The largest absolute Gasteiger partial charge is 0.391 e.